The van der Waals surface area contributed by atoms with E-state index in [1.165, 1.54) is 43.1 Å². The summed E-state index contributed by atoms with van der Waals surface area (Å²) in [5.41, 5.74) is 2.40. The third-order valence-electron chi connectivity index (χ3n) is 4.54. The van der Waals surface area contributed by atoms with E-state index in [-0.39, 0.29) is 0 Å². The minimum absolute atomic E-state index is 0.632. The maximum atomic E-state index is 4.57. The molecule has 0 unspecified atom stereocenters. The van der Waals surface area contributed by atoms with Crippen LogP contribution in [-0.2, 0) is 6.42 Å². The number of aromatic nitrogens is 2. The molecule has 2 aromatic rings. The lowest BCUT2D eigenvalue weighted by atomic mass is 9.94. The Morgan fingerprint density at radius 2 is 1.95 bits per heavy atom. The largest absolute Gasteiger partial charge is 0.356 e. The first-order valence-electron chi connectivity index (χ1n) is 7.76. The first-order chi connectivity index (χ1) is 9.79. The van der Waals surface area contributed by atoms with Crippen LogP contribution in [-0.4, -0.2) is 23.1 Å². The molecule has 0 bridgehead atoms. The van der Waals surface area contributed by atoms with E-state index in [0.717, 1.165) is 17.8 Å². The summed E-state index contributed by atoms with van der Waals surface area (Å²) in [7, 11) is 2.19. The summed E-state index contributed by atoms with van der Waals surface area (Å²) in [5.74, 6) is 1.09. The maximum absolute atomic E-state index is 4.57. The van der Waals surface area contributed by atoms with E-state index in [2.05, 4.69) is 47.0 Å². The van der Waals surface area contributed by atoms with Crippen molar-refractivity contribution in [3.05, 3.63) is 30.1 Å². The molecule has 1 aromatic carbocycles. The van der Waals surface area contributed by atoms with Crippen molar-refractivity contribution in [1.82, 2.24) is 9.97 Å². The zero-order valence-electron chi connectivity index (χ0n) is 12.5. The Bertz CT molecular complexity index is 588. The van der Waals surface area contributed by atoms with E-state index < -0.39 is 0 Å². The maximum Gasteiger partial charge on any atom is 0.139 e. The van der Waals surface area contributed by atoms with Crippen LogP contribution in [0.5, 0.6) is 0 Å². The van der Waals surface area contributed by atoms with E-state index in [0.29, 0.717) is 6.04 Å². The fourth-order valence-electron chi connectivity index (χ4n) is 3.23. The molecule has 1 fully saturated rings. The molecule has 3 nitrogen and oxygen atoms in total. The highest BCUT2D eigenvalue weighted by Gasteiger charge is 2.20. The fourth-order valence-corrected chi connectivity index (χ4v) is 3.23. The second-order valence-corrected chi connectivity index (χ2v) is 5.81. The Kier molecular flexibility index (Phi) is 3.86. The van der Waals surface area contributed by atoms with Gasteiger partial charge in [-0.1, -0.05) is 32.3 Å². The highest BCUT2D eigenvalue weighted by Crippen LogP contribution is 2.29. The van der Waals surface area contributed by atoms with Crippen LogP contribution in [0.4, 0.5) is 5.82 Å². The van der Waals surface area contributed by atoms with Crippen molar-refractivity contribution in [2.75, 3.05) is 11.9 Å². The van der Waals surface area contributed by atoms with Gasteiger partial charge in [0.1, 0.15) is 12.1 Å². The van der Waals surface area contributed by atoms with Gasteiger partial charge >= 0.3 is 0 Å². The minimum Gasteiger partial charge on any atom is -0.356 e. The summed E-state index contributed by atoms with van der Waals surface area (Å²) < 4.78 is 0. The highest BCUT2D eigenvalue weighted by molar-refractivity contribution is 5.89. The fraction of sp³-hybridized carbons (Fsp3) is 0.529. The monoisotopic (exact) mass is 269 g/mol. The molecule has 1 aliphatic carbocycles. The summed E-state index contributed by atoms with van der Waals surface area (Å²) >= 11 is 0. The Balaban J connectivity index is 2.00. The first kappa shape index (κ1) is 13.3. The van der Waals surface area contributed by atoms with Crippen molar-refractivity contribution < 1.29 is 0 Å². The average Bonchev–Trinajstić information content (AvgIpc) is 2.54. The van der Waals surface area contributed by atoms with Gasteiger partial charge in [0.25, 0.3) is 0 Å². The van der Waals surface area contributed by atoms with Gasteiger partial charge in [-0.25, -0.2) is 9.97 Å². The van der Waals surface area contributed by atoms with Gasteiger partial charge in [-0.2, -0.15) is 0 Å². The van der Waals surface area contributed by atoms with Gasteiger partial charge in [0.2, 0.25) is 0 Å². The number of benzene rings is 1. The lowest BCUT2D eigenvalue weighted by molar-refractivity contribution is 0.426. The van der Waals surface area contributed by atoms with E-state index in [9.17, 15) is 0 Å². The third-order valence-corrected chi connectivity index (χ3v) is 4.54. The number of rotatable bonds is 3. The highest BCUT2D eigenvalue weighted by atomic mass is 15.2. The lowest BCUT2D eigenvalue weighted by Crippen LogP contribution is -2.34. The van der Waals surface area contributed by atoms with E-state index in [1.807, 2.05) is 0 Å². The quantitative estimate of drug-likeness (QED) is 0.844. The number of fused-ring (bicyclic) bond motifs is 1. The van der Waals surface area contributed by atoms with Gasteiger partial charge < -0.3 is 4.90 Å². The summed E-state index contributed by atoms with van der Waals surface area (Å²) in [6.45, 7) is 2.19. The van der Waals surface area contributed by atoms with Crippen molar-refractivity contribution in [2.45, 2.75) is 51.5 Å². The molecule has 0 saturated heterocycles. The van der Waals surface area contributed by atoms with Gasteiger partial charge in [0.05, 0.1) is 5.52 Å². The van der Waals surface area contributed by atoms with E-state index in [1.54, 1.807) is 6.33 Å². The molecule has 20 heavy (non-hydrogen) atoms. The van der Waals surface area contributed by atoms with Crippen LogP contribution in [0.3, 0.4) is 0 Å². The molecule has 1 heterocycles. The standard InChI is InChI=1S/C17H23N3/c1-3-13-9-10-16-15(11-13)17(19-12-18-16)20(2)14-7-5-4-6-8-14/h9-12,14H,3-8H2,1-2H3. The van der Waals surface area contributed by atoms with Crippen molar-refractivity contribution in [3.63, 3.8) is 0 Å². The molecule has 0 N–H and O–H groups in total. The molecule has 1 aromatic heterocycles. The molecule has 0 atom stereocenters. The van der Waals surface area contributed by atoms with E-state index in [4.69, 9.17) is 0 Å². The van der Waals surface area contributed by atoms with Crippen molar-refractivity contribution in [1.29, 1.82) is 0 Å². The number of anilines is 1. The first-order valence-corrected chi connectivity index (χ1v) is 7.76. The smallest absolute Gasteiger partial charge is 0.139 e. The molecule has 0 aliphatic heterocycles. The topological polar surface area (TPSA) is 29.0 Å². The van der Waals surface area contributed by atoms with Crippen LogP contribution < -0.4 is 4.90 Å². The predicted molar refractivity (Wildman–Crippen MR) is 84.2 cm³/mol. The molecule has 3 heteroatoms. The Labute approximate surface area is 121 Å². The zero-order valence-corrected chi connectivity index (χ0v) is 12.5. The second-order valence-electron chi connectivity index (χ2n) is 5.81. The van der Waals surface area contributed by atoms with Crippen LogP contribution >= 0.6 is 0 Å². The van der Waals surface area contributed by atoms with Gasteiger partial charge in [0, 0.05) is 18.5 Å². The number of nitrogens with zero attached hydrogens (tertiary/aromatic N) is 3. The Hall–Kier alpha value is -1.64. The van der Waals surface area contributed by atoms with Crippen molar-refractivity contribution in [3.8, 4) is 0 Å². The van der Waals surface area contributed by atoms with Crippen LogP contribution in [0.25, 0.3) is 10.9 Å². The summed E-state index contributed by atoms with van der Waals surface area (Å²) in [4.78, 5) is 11.4. The van der Waals surface area contributed by atoms with Crippen LogP contribution in [0.2, 0.25) is 0 Å². The molecule has 1 aliphatic rings. The SMILES string of the molecule is CCc1ccc2ncnc(N(C)C3CCCCC3)c2c1. The Morgan fingerprint density at radius 1 is 1.15 bits per heavy atom. The van der Waals surface area contributed by atoms with Gasteiger partial charge in [0.15, 0.2) is 0 Å². The molecule has 0 amide bonds. The molecule has 106 valence electrons. The molecular formula is C17H23N3. The third kappa shape index (κ3) is 2.49. The number of hydrogen-bond acceptors (Lipinski definition) is 3. The van der Waals surface area contributed by atoms with Gasteiger partial charge in [-0.15, -0.1) is 0 Å². The Morgan fingerprint density at radius 3 is 2.70 bits per heavy atom. The number of aryl methyl sites for hydroxylation is 1. The molecule has 0 radical (unpaired) electrons. The summed E-state index contributed by atoms with van der Waals surface area (Å²) in [5, 5.41) is 1.19. The summed E-state index contributed by atoms with van der Waals surface area (Å²) in [6, 6.07) is 7.17. The molecule has 1 saturated carbocycles. The minimum atomic E-state index is 0.632. The normalized spacial score (nSPS) is 16.5. The second kappa shape index (κ2) is 5.78. The molecular weight excluding hydrogens is 246 g/mol. The van der Waals surface area contributed by atoms with Gasteiger partial charge in [-0.05, 0) is 37.0 Å². The van der Waals surface area contributed by atoms with Crippen LogP contribution in [0.1, 0.15) is 44.6 Å². The van der Waals surface area contributed by atoms with E-state index >= 15 is 0 Å². The van der Waals surface area contributed by atoms with Gasteiger partial charge in [-0.3, -0.25) is 0 Å². The number of hydrogen-bond donors (Lipinski definition) is 0. The zero-order chi connectivity index (χ0) is 13.9. The predicted octanol–water partition coefficient (Wildman–Crippen LogP) is 3.96. The van der Waals surface area contributed by atoms with Crippen molar-refractivity contribution in [2.24, 2.45) is 0 Å². The molecule has 3 rings (SSSR count). The summed E-state index contributed by atoms with van der Waals surface area (Å²) in [6.07, 6.45) is 9.40. The van der Waals surface area contributed by atoms with Crippen LogP contribution in [0, 0.1) is 0 Å². The molecule has 0 spiro atoms. The van der Waals surface area contributed by atoms with Crippen LogP contribution in [0.15, 0.2) is 24.5 Å². The van der Waals surface area contributed by atoms with Crippen molar-refractivity contribution >= 4 is 16.7 Å². The average molecular weight is 269 g/mol. The lowest BCUT2D eigenvalue weighted by Gasteiger charge is -2.32.